The van der Waals surface area contributed by atoms with Crippen LogP contribution in [0, 0.1) is 6.92 Å². The van der Waals surface area contributed by atoms with Gasteiger partial charge in [0.15, 0.2) is 5.69 Å². The Bertz CT molecular complexity index is 1170. The van der Waals surface area contributed by atoms with Crippen LogP contribution in [0.15, 0.2) is 65.5 Å². The van der Waals surface area contributed by atoms with Crippen molar-refractivity contribution in [2.75, 3.05) is 26.2 Å². The van der Waals surface area contributed by atoms with Crippen LogP contribution >= 0.6 is 11.6 Å². The van der Waals surface area contributed by atoms with E-state index in [1.807, 2.05) is 18.2 Å². The Balaban J connectivity index is 1.51. The molecule has 1 aliphatic rings. The van der Waals surface area contributed by atoms with Gasteiger partial charge in [-0.25, -0.2) is 4.68 Å². The topological polar surface area (TPSA) is 75.5 Å². The lowest BCUT2D eigenvalue weighted by Crippen LogP contribution is -2.51. The summed E-state index contributed by atoms with van der Waals surface area (Å²) in [6.45, 7) is 3.24. The van der Waals surface area contributed by atoms with E-state index >= 15 is 0 Å². The van der Waals surface area contributed by atoms with E-state index in [4.69, 9.17) is 11.6 Å². The van der Waals surface area contributed by atoms with Crippen molar-refractivity contribution >= 4 is 23.4 Å². The van der Waals surface area contributed by atoms with Crippen LogP contribution in [0.5, 0.6) is 0 Å². The predicted molar refractivity (Wildman–Crippen MR) is 118 cm³/mol. The van der Waals surface area contributed by atoms with E-state index in [2.05, 4.69) is 5.10 Å². The maximum Gasteiger partial charge on any atom is 0.278 e. The van der Waals surface area contributed by atoms with Crippen molar-refractivity contribution in [1.29, 1.82) is 0 Å². The van der Waals surface area contributed by atoms with Gasteiger partial charge in [-0.15, -0.1) is 0 Å². The van der Waals surface area contributed by atoms with Gasteiger partial charge in [0, 0.05) is 48.5 Å². The molecule has 7 nitrogen and oxygen atoms in total. The lowest BCUT2D eigenvalue weighted by atomic mass is 10.2. The molecule has 4 rings (SSSR count). The number of halogens is 1. The van der Waals surface area contributed by atoms with Gasteiger partial charge in [-0.3, -0.25) is 14.4 Å². The van der Waals surface area contributed by atoms with Gasteiger partial charge in [-0.05, 0) is 43.3 Å². The van der Waals surface area contributed by atoms with Gasteiger partial charge in [0.1, 0.15) is 0 Å². The molecule has 0 spiro atoms. The minimum Gasteiger partial charge on any atom is -0.335 e. The van der Waals surface area contributed by atoms with Crippen molar-refractivity contribution in [2.45, 2.75) is 6.92 Å². The Hall–Kier alpha value is -3.45. The Labute approximate surface area is 184 Å². The average molecular weight is 437 g/mol. The predicted octanol–water partition coefficient (Wildman–Crippen LogP) is 2.79. The fourth-order valence-electron chi connectivity index (χ4n) is 3.56. The number of nitrogens with zero attached hydrogens (tertiary/aromatic N) is 4. The van der Waals surface area contributed by atoms with Crippen LogP contribution in [0.3, 0.4) is 0 Å². The second-order valence-electron chi connectivity index (χ2n) is 7.34. The first-order valence-electron chi connectivity index (χ1n) is 9.94. The summed E-state index contributed by atoms with van der Waals surface area (Å²) < 4.78 is 1.56. The monoisotopic (exact) mass is 436 g/mol. The van der Waals surface area contributed by atoms with Crippen molar-refractivity contribution in [2.24, 2.45) is 0 Å². The molecule has 0 unspecified atom stereocenters. The van der Waals surface area contributed by atoms with Crippen LogP contribution in [0.25, 0.3) is 5.69 Å². The van der Waals surface area contributed by atoms with E-state index in [9.17, 15) is 14.4 Å². The molecule has 8 heteroatoms. The summed E-state index contributed by atoms with van der Waals surface area (Å²) in [6.07, 6.45) is 0. The number of carbonyl (C=O) groups excluding carboxylic acids is 2. The van der Waals surface area contributed by atoms with Gasteiger partial charge in [0.25, 0.3) is 11.8 Å². The molecule has 0 bridgehead atoms. The highest BCUT2D eigenvalue weighted by Crippen LogP contribution is 2.15. The van der Waals surface area contributed by atoms with Gasteiger partial charge >= 0.3 is 0 Å². The number of benzene rings is 2. The molecule has 2 amide bonds. The van der Waals surface area contributed by atoms with Crippen molar-refractivity contribution in [3.05, 3.63) is 92.9 Å². The second-order valence-corrected chi connectivity index (χ2v) is 7.77. The standard InChI is InChI=1S/C23H21ClN4O3/c1-16-15-20(29)21(25-28(16)19-9-7-18(24)8-10-19)23(31)27-13-11-26(12-14-27)22(30)17-5-3-2-4-6-17/h2-10,15H,11-14H2,1H3. The van der Waals surface area contributed by atoms with Crippen LogP contribution < -0.4 is 5.43 Å². The number of aryl methyl sites for hydroxylation is 1. The molecule has 2 aromatic carbocycles. The minimum atomic E-state index is -0.431. The minimum absolute atomic E-state index is 0.0637. The van der Waals surface area contributed by atoms with E-state index in [1.165, 1.54) is 6.07 Å². The molecule has 1 aliphatic heterocycles. The molecule has 1 saturated heterocycles. The summed E-state index contributed by atoms with van der Waals surface area (Å²) in [6, 6.07) is 17.4. The Morgan fingerprint density at radius 2 is 1.45 bits per heavy atom. The first kappa shape index (κ1) is 20.8. The molecule has 3 aromatic rings. The smallest absolute Gasteiger partial charge is 0.278 e. The highest BCUT2D eigenvalue weighted by atomic mass is 35.5. The summed E-state index contributed by atoms with van der Waals surface area (Å²) >= 11 is 5.95. The number of piperazine rings is 1. The summed E-state index contributed by atoms with van der Waals surface area (Å²) in [5.74, 6) is -0.495. The maximum absolute atomic E-state index is 13.0. The van der Waals surface area contributed by atoms with Gasteiger partial charge in [-0.2, -0.15) is 5.10 Å². The van der Waals surface area contributed by atoms with Crippen LogP contribution in [0.1, 0.15) is 26.5 Å². The van der Waals surface area contributed by atoms with Crippen LogP contribution in [-0.4, -0.2) is 57.6 Å². The van der Waals surface area contributed by atoms with Crippen molar-refractivity contribution < 1.29 is 9.59 Å². The maximum atomic E-state index is 13.0. The molecule has 0 radical (unpaired) electrons. The van der Waals surface area contributed by atoms with E-state index in [0.717, 1.165) is 0 Å². The SMILES string of the molecule is Cc1cc(=O)c(C(=O)N2CCN(C(=O)c3ccccc3)CC2)nn1-c1ccc(Cl)cc1. The zero-order valence-corrected chi connectivity index (χ0v) is 17.7. The highest BCUT2D eigenvalue weighted by Gasteiger charge is 2.28. The molecule has 0 saturated carbocycles. The number of hydrogen-bond acceptors (Lipinski definition) is 4. The Kier molecular flexibility index (Phi) is 5.86. The molecule has 1 aromatic heterocycles. The van der Waals surface area contributed by atoms with Crippen LogP contribution in [0.4, 0.5) is 0 Å². The number of aromatic nitrogens is 2. The lowest BCUT2D eigenvalue weighted by Gasteiger charge is -2.34. The molecule has 31 heavy (non-hydrogen) atoms. The molecule has 158 valence electrons. The molecule has 0 atom stereocenters. The molecule has 0 N–H and O–H groups in total. The first-order chi connectivity index (χ1) is 14.9. The van der Waals surface area contributed by atoms with E-state index in [-0.39, 0.29) is 11.6 Å². The molecular formula is C23H21ClN4O3. The average Bonchev–Trinajstić information content (AvgIpc) is 2.80. The van der Waals surface area contributed by atoms with Crippen molar-refractivity contribution in [3.8, 4) is 5.69 Å². The van der Waals surface area contributed by atoms with Crippen molar-refractivity contribution in [1.82, 2.24) is 19.6 Å². The van der Waals surface area contributed by atoms with Gasteiger partial charge in [0.2, 0.25) is 5.43 Å². The van der Waals surface area contributed by atoms with Crippen LogP contribution in [-0.2, 0) is 0 Å². The molecule has 1 fully saturated rings. The lowest BCUT2D eigenvalue weighted by molar-refractivity contribution is 0.0530. The highest BCUT2D eigenvalue weighted by molar-refractivity contribution is 6.30. The van der Waals surface area contributed by atoms with Gasteiger partial charge in [-0.1, -0.05) is 29.8 Å². The van der Waals surface area contributed by atoms with E-state index < -0.39 is 11.3 Å². The largest absolute Gasteiger partial charge is 0.335 e. The summed E-state index contributed by atoms with van der Waals surface area (Å²) in [5.41, 5.74) is 1.38. The summed E-state index contributed by atoms with van der Waals surface area (Å²) in [4.78, 5) is 41.4. The number of amides is 2. The normalized spacial score (nSPS) is 13.9. The number of rotatable bonds is 3. The first-order valence-corrected chi connectivity index (χ1v) is 10.3. The Morgan fingerprint density at radius 1 is 0.871 bits per heavy atom. The number of carbonyl (C=O) groups is 2. The zero-order chi connectivity index (χ0) is 22.0. The van der Waals surface area contributed by atoms with Gasteiger partial charge in [0.05, 0.1) is 5.69 Å². The quantitative estimate of drug-likeness (QED) is 0.632. The fraction of sp³-hybridized carbons (Fsp3) is 0.217. The molecule has 0 aliphatic carbocycles. The third-order valence-corrected chi connectivity index (χ3v) is 5.51. The molecular weight excluding hydrogens is 416 g/mol. The number of hydrogen-bond donors (Lipinski definition) is 0. The molecule has 2 heterocycles. The van der Waals surface area contributed by atoms with Crippen molar-refractivity contribution in [3.63, 3.8) is 0 Å². The second kappa shape index (κ2) is 8.73. The summed E-state index contributed by atoms with van der Waals surface area (Å²) in [5, 5.41) is 4.92. The van der Waals surface area contributed by atoms with E-state index in [0.29, 0.717) is 48.1 Å². The van der Waals surface area contributed by atoms with E-state index in [1.54, 1.807) is 57.8 Å². The zero-order valence-electron chi connectivity index (χ0n) is 17.0. The third-order valence-electron chi connectivity index (χ3n) is 5.26. The van der Waals surface area contributed by atoms with Gasteiger partial charge < -0.3 is 9.80 Å². The third kappa shape index (κ3) is 4.36. The Morgan fingerprint density at radius 3 is 2.06 bits per heavy atom. The fourth-order valence-corrected chi connectivity index (χ4v) is 3.69. The van der Waals surface area contributed by atoms with Crippen LogP contribution in [0.2, 0.25) is 5.02 Å². The summed E-state index contributed by atoms with van der Waals surface area (Å²) in [7, 11) is 0.